The van der Waals surface area contributed by atoms with Gasteiger partial charge in [0.25, 0.3) is 0 Å². The van der Waals surface area contributed by atoms with Crippen LogP contribution in [0.15, 0.2) is 36.5 Å². The van der Waals surface area contributed by atoms with Crippen LogP contribution in [-0.2, 0) is 0 Å². The smallest absolute Gasteiger partial charge is 0.159 e. The van der Waals surface area contributed by atoms with Crippen molar-refractivity contribution in [2.45, 2.75) is 39.7 Å². The first-order valence-electron chi connectivity index (χ1n) is 8.45. The molecule has 132 valence electrons. The number of nitrogens with zero attached hydrogens (tertiary/aromatic N) is 3. The third-order valence-corrected chi connectivity index (χ3v) is 3.92. The van der Waals surface area contributed by atoms with Crippen molar-refractivity contribution in [2.75, 3.05) is 19.6 Å². The highest BCUT2D eigenvalue weighted by molar-refractivity contribution is 5.85. The molecule has 1 atom stereocenters. The van der Waals surface area contributed by atoms with Crippen LogP contribution in [0, 0.1) is 6.92 Å². The lowest BCUT2D eigenvalue weighted by atomic mass is 10.1. The number of benzene rings is 1. The fraction of sp³-hybridized carbons (Fsp3) is 0.474. The first-order valence-corrected chi connectivity index (χ1v) is 8.45. The van der Waals surface area contributed by atoms with Gasteiger partial charge < -0.3 is 10.0 Å². The van der Waals surface area contributed by atoms with Crippen LogP contribution in [-0.4, -0.2) is 39.6 Å². The number of hydrogen-bond acceptors (Lipinski definition) is 4. The van der Waals surface area contributed by atoms with Crippen LogP contribution < -0.4 is 0 Å². The Morgan fingerprint density at radius 2 is 1.71 bits per heavy atom. The second-order valence-electron chi connectivity index (χ2n) is 5.92. The van der Waals surface area contributed by atoms with Gasteiger partial charge in [-0.1, -0.05) is 44.2 Å². The molecule has 0 spiro atoms. The Labute approximate surface area is 151 Å². The SMILES string of the molecule is CCCN(CCC)CC(O)c1cnc(-c2ccccc2)nc1C.Cl. The summed E-state index contributed by atoms with van der Waals surface area (Å²) in [5.74, 6) is 0.707. The minimum atomic E-state index is -0.544. The molecule has 0 saturated carbocycles. The van der Waals surface area contributed by atoms with Gasteiger partial charge in [0, 0.05) is 29.6 Å². The van der Waals surface area contributed by atoms with Gasteiger partial charge in [-0.3, -0.25) is 0 Å². The highest BCUT2D eigenvalue weighted by Gasteiger charge is 2.16. The average molecular weight is 350 g/mol. The minimum Gasteiger partial charge on any atom is -0.387 e. The lowest BCUT2D eigenvalue weighted by molar-refractivity contribution is 0.112. The number of rotatable bonds is 8. The first-order chi connectivity index (χ1) is 11.2. The molecule has 0 aliphatic heterocycles. The molecular weight excluding hydrogens is 322 g/mol. The monoisotopic (exact) mass is 349 g/mol. The van der Waals surface area contributed by atoms with E-state index < -0.39 is 6.10 Å². The number of halogens is 1. The van der Waals surface area contributed by atoms with Crippen molar-refractivity contribution in [1.82, 2.24) is 14.9 Å². The molecule has 0 saturated heterocycles. The summed E-state index contributed by atoms with van der Waals surface area (Å²) >= 11 is 0. The third-order valence-electron chi connectivity index (χ3n) is 3.92. The Hall–Kier alpha value is -1.49. The zero-order valence-electron chi connectivity index (χ0n) is 14.8. The Morgan fingerprint density at radius 1 is 1.08 bits per heavy atom. The summed E-state index contributed by atoms with van der Waals surface area (Å²) in [5, 5.41) is 10.6. The highest BCUT2D eigenvalue weighted by Crippen LogP contribution is 2.20. The van der Waals surface area contributed by atoms with Crippen LogP contribution in [0.2, 0.25) is 0 Å². The molecule has 0 amide bonds. The number of aromatic nitrogens is 2. The van der Waals surface area contributed by atoms with Crippen LogP contribution in [0.4, 0.5) is 0 Å². The molecule has 2 aromatic rings. The summed E-state index contributed by atoms with van der Waals surface area (Å²) in [5.41, 5.74) is 2.66. The Morgan fingerprint density at radius 3 is 2.25 bits per heavy atom. The standard InChI is InChI=1S/C19H27N3O.ClH/c1-4-11-22(12-5-2)14-18(23)17-13-20-19(21-15(17)3)16-9-7-6-8-10-16;/h6-10,13,18,23H,4-5,11-12,14H2,1-3H3;1H. The Balaban J connectivity index is 0.00000288. The van der Waals surface area contributed by atoms with E-state index in [4.69, 9.17) is 0 Å². The lowest BCUT2D eigenvalue weighted by Crippen LogP contribution is -2.30. The molecule has 0 fully saturated rings. The average Bonchev–Trinajstić information content (AvgIpc) is 2.56. The van der Waals surface area contributed by atoms with E-state index in [9.17, 15) is 5.11 Å². The van der Waals surface area contributed by atoms with Gasteiger partial charge in [-0.25, -0.2) is 9.97 Å². The number of aliphatic hydroxyl groups excluding tert-OH is 1. The van der Waals surface area contributed by atoms with Gasteiger partial charge >= 0.3 is 0 Å². The van der Waals surface area contributed by atoms with Crippen molar-refractivity contribution >= 4 is 12.4 Å². The normalized spacial score (nSPS) is 12.0. The van der Waals surface area contributed by atoms with Gasteiger partial charge in [-0.05, 0) is 32.9 Å². The van der Waals surface area contributed by atoms with Crippen molar-refractivity contribution in [3.05, 3.63) is 47.8 Å². The van der Waals surface area contributed by atoms with Crippen molar-refractivity contribution in [2.24, 2.45) is 0 Å². The zero-order chi connectivity index (χ0) is 16.7. The van der Waals surface area contributed by atoms with E-state index >= 15 is 0 Å². The predicted molar refractivity (Wildman–Crippen MR) is 101 cm³/mol. The van der Waals surface area contributed by atoms with E-state index in [-0.39, 0.29) is 12.4 Å². The van der Waals surface area contributed by atoms with Gasteiger partial charge in [0.2, 0.25) is 0 Å². The summed E-state index contributed by atoms with van der Waals surface area (Å²) < 4.78 is 0. The Bertz CT molecular complexity index is 601. The summed E-state index contributed by atoms with van der Waals surface area (Å²) in [6.45, 7) is 8.92. The van der Waals surface area contributed by atoms with Gasteiger partial charge in [0.1, 0.15) is 0 Å². The molecule has 1 heterocycles. The maximum atomic E-state index is 10.6. The quantitative estimate of drug-likeness (QED) is 0.781. The molecule has 0 aliphatic carbocycles. The summed E-state index contributed by atoms with van der Waals surface area (Å²) in [6.07, 6.45) is 3.41. The number of hydrogen-bond donors (Lipinski definition) is 1. The molecule has 5 heteroatoms. The second kappa shape index (κ2) is 10.4. The number of aryl methyl sites for hydroxylation is 1. The zero-order valence-corrected chi connectivity index (χ0v) is 15.6. The maximum absolute atomic E-state index is 10.6. The van der Waals surface area contributed by atoms with Crippen molar-refractivity contribution in [1.29, 1.82) is 0 Å². The van der Waals surface area contributed by atoms with E-state index in [1.807, 2.05) is 37.3 Å². The fourth-order valence-corrected chi connectivity index (χ4v) is 2.80. The van der Waals surface area contributed by atoms with Crippen molar-refractivity contribution in [3.63, 3.8) is 0 Å². The molecule has 1 unspecified atom stereocenters. The Kier molecular flexibility index (Phi) is 8.90. The summed E-state index contributed by atoms with van der Waals surface area (Å²) in [6, 6.07) is 9.92. The van der Waals surface area contributed by atoms with Gasteiger partial charge in [0.15, 0.2) is 5.82 Å². The van der Waals surface area contributed by atoms with Crippen LogP contribution in [0.3, 0.4) is 0 Å². The van der Waals surface area contributed by atoms with Crippen LogP contribution >= 0.6 is 12.4 Å². The van der Waals surface area contributed by atoms with E-state index in [1.54, 1.807) is 6.20 Å². The van der Waals surface area contributed by atoms with Crippen LogP contribution in [0.1, 0.15) is 44.1 Å². The molecule has 24 heavy (non-hydrogen) atoms. The van der Waals surface area contributed by atoms with Gasteiger partial charge in [-0.15, -0.1) is 12.4 Å². The van der Waals surface area contributed by atoms with Crippen LogP contribution in [0.25, 0.3) is 11.4 Å². The van der Waals surface area contributed by atoms with E-state index in [0.717, 1.165) is 42.8 Å². The lowest BCUT2D eigenvalue weighted by Gasteiger charge is -2.24. The maximum Gasteiger partial charge on any atom is 0.159 e. The molecule has 1 aromatic heterocycles. The van der Waals surface area contributed by atoms with E-state index in [0.29, 0.717) is 12.4 Å². The molecule has 2 rings (SSSR count). The molecule has 1 aromatic carbocycles. The summed E-state index contributed by atoms with van der Waals surface area (Å²) in [4.78, 5) is 11.3. The summed E-state index contributed by atoms with van der Waals surface area (Å²) in [7, 11) is 0. The molecule has 1 N–H and O–H groups in total. The molecule has 0 aliphatic rings. The molecular formula is C19H28ClN3O. The fourth-order valence-electron chi connectivity index (χ4n) is 2.80. The third kappa shape index (κ3) is 5.55. The molecule has 4 nitrogen and oxygen atoms in total. The number of aliphatic hydroxyl groups is 1. The predicted octanol–water partition coefficient (Wildman–Crippen LogP) is 4.03. The first kappa shape index (κ1) is 20.6. The van der Waals surface area contributed by atoms with Crippen LogP contribution in [0.5, 0.6) is 0 Å². The highest BCUT2D eigenvalue weighted by atomic mass is 35.5. The van der Waals surface area contributed by atoms with Crippen molar-refractivity contribution < 1.29 is 5.11 Å². The minimum absolute atomic E-state index is 0. The second-order valence-corrected chi connectivity index (χ2v) is 5.92. The largest absolute Gasteiger partial charge is 0.387 e. The topological polar surface area (TPSA) is 49.2 Å². The van der Waals surface area contributed by atoms with Crippen molar-refractivity contribution in [3.8, 4) is 11.4 Å². The van der Waals surface area contributed by atoms with E-state index in [1.165, 1.54) is 0 Å². The molecule has 0 radical (unpaired) electrons. The van der Waals surface area contributed by atoms with Gasteiger partial charge in [-0.2, -0.15) is 0 Å². The van der Waals surface area contributed by atoms with Gasteiger partial charge in [0.05, 0.1) is 6.10 Å². The van der Waals surface area contributed by atoms with E-state index in [2.05, 4.69) is 28.7 Å². The molecule has 0 bridgehead atoms.